The van der Waals surface area contributed by atoms with Crippen molar-refractivity contribution in [2.24, 2.45) is 5.41 Å². The number of fused-ring (bicyclic) bond motifs is 1. The molecule has 9 heteroatoms. The molecule has 7 nitrogen and oxygen atoms in total. The number of sulfonamides is 1. The molecule has 0 atom stereocenters. The van der Waals surface area contributed by atoms with E-state index in [9.17, 15) is 8.42 Å². The molecule has 148 valence electrons. The molecule has 3 rings (SSSR count). The molecule has 0 unspecified atom stereocenters. The highest BCUT2D eigenvalue weighted by Gasteiger charge is 2.33. The lowest BCUT2D eigenvalue weighted by Crippen LogP contribution is -2.47. The molecule has 2 aliphatic heterocycles. The molecule has 0 aromatic heterocycles. The van der Waals surface area contributed by atoms with Crippen LogP contribution in [0.15, 0.2) is 23.1 Å². The van der Waals surface area contributed by atoms with E-state index in [1.807, 2.05) is 0 Å². The number of hydrogen-bond acceptors (Lipinski definition) is 6. The summed E-state index contributed by atoms with van der Waals surface area (Å²) in [6.07, 6.45) is 2.54. The first-order chi connectivity index (χ1) is 12.0. The van der Waals surface area contributed by atoms with E-state index >= 15 is 0 Å². The van der Waals surface area contributed by atoms with Gasteiger partial charge in [0.05, 0.1) is 24.7 Å². The highest BCUT2D eigenvalue weighted by Crippen LogP contribution is 2.33. The molecule has 0 saturated carbocycles. The van der Waals surface area contributed by atoms with Crippen molar-refractivity contribution in [3.05, 3.63) is 18.2 Å². The van der Waals surface area contributed by atoms with Crippen LogP contribution >= 0.6 is 12.4 Å². The number of piperidine rings is 1. The molecule has 1 saturated heterocycles. The van der Waals surface area contributed by atoms with Gasteiger partial charge in [-0.25, -0.2) is 13.1 Å². The quantitative estimate of drug-likeness (QED) is 0.745. The highest BCUT2D eigenvalue weighted by molar-refractivity contribution is 7.89. The largest absolute Gasteiger partial charge is 0.490 e. The fourth-order valence-corrected chi connectivity index (χ4v) is 4.45. The number of benzene rings is 1. The Kier molecular flexibility index (Phi) is 7.54. The first-order valence-corrected chi connectivity index (χ1v) is 10.1. The molecule has 2 N–H and O–H groups in total. The minimum atomic E-state index is -3.62. The molecule has 0 aliphatic carbocycles. The van der Waals surface area contributed by atoms with Crippen LogP contribution in [-0.2, 0) is 14.8 Å². The molecule has 26 heavy (non-hydrogen) atoms. The van der Waals surface area contributed by atoms with Gasteiger partial charge in [-0.15, -0.1) is 12.4 Å². The van der Waals surface area contributed by atoms with Crippen LogP contribution in [0.25, 0.3) is 0 Å². The van der Waals surface area contributed by atoms with Crippen LogP contribution in [-0.4, -0.2) is 55.0 Å². The third kappa shape index (κ3) is 5.01. The van der Waals surface area contributed by atoms with E-state index in [0.29, 0.717) is 37.9 Å². The first-order valence-electron chi connectivity index (χ1n) is 8.64. The van der Waals surface area contributed by atoms with E-state index in [2.05, 4.69) is 10.0 Å². The Balaban J connectivity index is 0.00000243. The van der Waals surface area contributed by atoms with Gasteiger partial charge in [-0.1, -0.05) is 0 Å². The first kappa shape index (κ1) is 21.2. The molecule has 2 heterocycles. The SMILES string of the molecule is COCC1(CNS(=O)(=O)c2ccc3c(c2)OCCCO3)CCNCC1.Cl. The van der Waals surface area contributed by atoms with E-state index in [0.717, 1.165) is 32.4 Å². The van der Waals surface area contributed by atoms with Gasteiger partial charge in [0, 0.05) is 31.6 Å². The van der Waals surface area contributed by atoms with Crippen LogP contribution in [0.2, 0.25) is 0 Å². The van der Waals surface area contributed by atoms with Gasteiger partial charge in [0.15, 0.2) is 11.5 Å². The van der Waals surface area contributed by atoms with E-state index in [-0.39, 0.29) is 22.7 Å². The average molecular weight is 407 g/mol. The lowest BCUT2D eigenvalue weighted by Gasteiger charge is -2.37. The Morgan fingerprint density at radius 1 is 1.19 bits per heavy atom. The molecular formula is C17H27ClN2O5S. The van der Waals surface area contributed by atoms with Crippen molar-refractivity contribution in [1.29, 1.82) is 0 Å². The number of ether oxygens (including phenoxy) is 3. The zero-order valence-electron chi connectivity index (χ0n) is 15.0. The highest BCUT2D eigenvalue weighted by atomic mass is 35.5. The second-order valence-electron chi connectivity index (χ2n) is 6.67. The number of nitrogens with one attached hydrogen (secondary N) is 2. The lowest BCUT2D eigenvalue weighted by atomic mass is 9.80. The molecule has 0 spiro atoms. The summed E-state index contributed by atoms with van der Waals surface area (Å²) in [6, 6.07) is 4.75. The van der Waals surface area contributed by atoms with Crippen LogP contribution in [0.1, 0.15) is 19.3 Å². The van der Waals surface area contributed by atoms with Crippen LogP contribution in [0, 0.1) is 5.41 Å². The third-order valence-corrected chi connectivity index (χ3v) is 6.18. The summed E-state index contributed by atoms with van der Waals surface area (Å²) in [6.45, 7) is 3.74. The monoisotopic (exact) mass is 406 g/mol. The molecule has 0 amide bonds. The summed E-state index contributed by atoms with van der Waals surface area (Å²) >= 11 is 0. The van der Waals surface area contributed by atoms with Crippen molar-refractivity contribution in [2.75, 3.05) is 46.6 Å². The van der Waals surface area contributed by atoms with Crippen LogP contribution in [0.4, 0.5) is 0 Å². The molecule has 0 bridgehead atoms. The Morgan fingerprint density at radius 3 is 2.58 bits per heavy atom. The van der Waals surface area contributed by atoms with E-state index < -0.39 is 10.0 Å². The van der Waals surface area contributed by atoms with Crippen molar-refractivity contribution in [2.45, 2.75) is 24.2 Å². The van der Waals surface area contributed by atoms with Gasteiger partial charge in [-0.3, -0.25) is 0 Å². The maximum Gasteiger partial charge on any atom is 0.240 e. The second-order valence-corrected chi connectivity index (χ2v) is 8.43. The fourth-order valence-electron chi connectivity index (χ4n) is 3.28. The van der Waals surface area contributed by atoms with Crippen LogP contribution < -0.4 is 19.5 Å². The van der Waals surface area contributed by atoms with Gasteiger partial charge < -0.3 is 19.5 Å². The number of halogens is 1. The molecule has 1 fully saturated rings. The summed E-state index contributed by atoms with van der Waals surface area (Å²) in [5, 5.41) is 3.30. The second kappa shape index (κ2) is 9.23. The number of rotatable bonds is 6. The Morgan fingerprint density at radius 2 is 1.88 bits per heavy atom. The van der Waals surface area contributed by atoms with Crippen molar-refractivity contribution < 1.29 is 22.6 Å². The molecule has 1 aromatic carbocycles. The van der Waals surface area contributed by atoms with Crippen LogP contribution in [0.3, 0.4) is 0 Å². The third-order valence-electron chi connectivity index (χ3n) is 4.78. The Bertz CT molecular complexity index is 687. The van der Waals surface area contributed by atoms with Crippen molar-refractivity contribution >= 4 is 22.4 Å². The maximum absolute atomic E-state index is 12.7. The van der Waals surface area contributed by atoms with E-state index in [4.69, 9.17) is 14.2 Å². The standard InChI is InChI=1S/C17H26N2O5S.ClH/c1-22-13-17(5-7-18-8-6-17)12-19-25(20,21)14-3-4-15-16(11-14)24-10-2-9-23-15;/h3-4,11,18-19H,2,5-10,12-13H2,1H3;1H. The minimum absolute atomic E-state index is 0. The number of hydrogen-bond donors (Lipinski definition) is 2. The molecule has 0 radical (unpaired) electrons. The van der Waals surface area contributed by atoms with Gasteiger partial charge in [0.25, 0.3) is 0 Å². The van der Waals surface area contributed by atoms with E-state index in [1.165, 1.54) is 6.07 Å². The Labute approximate surface area is 161 Å². The smallest absolute Gasteiger partial charge is 0.240 e. The predicted octanol–water partition coefficient (Wildman–Crippen LogP) is 1.56. The summed E-state index contributed by atoms with van der Waals surface area (Å²) in [5.74, 6) is 1.07. The zero-order valence-corrected chi connectivity index (χ0v) is 16.6. The van der Waals surface area contributed by atoms with Gasteiger partial charge in [-0.2, -0.15) is 0 Å². The minimum Gasteiger partial charge on any atom is -0.490 e. The fraction of sp³-hybridized carbons (Fsp3) is 0.647. The maximum atomic E-state index is 12.7. The van der Waals surface area contributed by atoms with Crippen LogP contribution in [0.5, 0.6) is 11.5 Å². The number of methoxy groups -OCH3 is 1. The van der Waals surface area contributed by atoms with Crippen molar-refractivity contribution in [3.63, 3.8) is 0 Å². The summed E-state index contributed by atoms with van der Waals surface area (Å²) in [5.41, 5.74) is -0.168. The van der Waals surface area contributed by atoms with Crippen molar-refractivity contribution in [3.8, 4) is 11.5 Å². The zero-order chi connectivity index (χ0) is 17.8. The summed E-state index contributed by atoms with van der Waals surface area (Å²) in [7, 11) is -1.97. The summed E-state index contributed by atoms with van der Waals surface area (Å²) in [4.78, 5) is 0.193. The van der Waals surface area contributed by atoms with Gasteiger partial charge in [-0.05, 0) is 38.1 Å². The predicted molar refractivity (Wildman–Crippen MR) is 101 cm³/mol. The molecule has 1 aromatic rings. The average Bonchev–Trinajstić information content (AvgIpc) is 2.86. The topological polar surface area (TPSA) is 85.9 Å². The Hall–Kier alpha value is -1.06. The lowest BCUT2D eigenvalue weighted by molar-refractivity contribution is 0.0577. The van der Waals surface area contributed by atoms with E-state index in [1.54, 1.807) is 19.2 Å². The van der Waals surface area contributed by atoms with Gasteiger partial charge in [0.1, 0.15) is 0 Å². The van der Waals surface area contributed by atoms with Gasteiger partial charge >= 0.3 is 0 Å². The van der Waals surface area contributed by atoms with Crippen molar-refractivity contribution in [1.82, 2.24) is 10.0 Å². The normalized spacial score (nSPS) is 19.3. The van der Waals surface area contributed by atoms with Gasteiger partial charge in [0.2, 0.25) is 10.0 Å². The molecule has 2 aliphatic rings. The summed E-state index contributed by atoms with van der Waals surface area (Å²) < 4.78 is 44.7. The molecular weight excluding hydrogens is 380 g/mol.